The Morgan fingerprint density at radius 3 is 2.21 bits per heavy atom. The number of pyridine rings is 1. The zero-order chi connectivity index (χ0) is 30.7. The maximum Gasteiger partial charge on any atom is 0.337 e. The van der Waals surface area contributed by atoms with Gasteiger partial charge in [0.2, 0.25) is 0 Å². The molecule has 7 heteroatoms. The Morgan fingerprint density at radius 2 is 1.67 bits per heavy atom. The lowest BCUT2D eigenvalue weighted by atomic mass is 9.82. The van der Waals surface area contributed by atoms with E-state index in [1.807, 2.05) is 83.1 Å². The van der Waals surface area contributed by atoms with Crippen LogP contribution >= 0.6 is 0 Å². The number of hydrogen-bond acceptors (Lipinski definition) is 5. The molecule has 1 saturated heterocycles. The Morgan fingerprint density at radius 1 is 1.05 bits per heavy atom. The summed E-state index contributed by atoms with van der Waals surface area (Å²) in [4.78, 5) is 23.3. The molecule has 1 aliphatic rings. The SMILES string of the molecule is [C-]#[N+]c1ccc(CCOc2ccc(-c3c(C)nc(C)c([C@H](OC(C)(C)C)C(=O)O)c3N3CCC(C)(C)CC3)cc2)cc1. The van der Waals surface area contributed by atoms with E-state index in [9.17, 15) is 9.90 Å². The first-order valence-electron chi connectivity index (χ1n) is 14.6. The van der Waals surface area contributed by atoms with Gasteiger partial charge in [-0.15, -0.1) is 0 Å². The highest BCUT2D eigenvalue weighted by atomic mass is 16.5. The lowest BCUT2D eigenvalue weighted by Crippen LogP contribution is -2.39. The predicted molar refractivity (Wildman–Crippen MR) is 167 cm³/mol. The minimum absolute atomic E-state index is 0.236. The van der Waals surface area contributed by atoms with Gasteiger partial charge in [0.25, 0.3) is 0 Å². The van der Waals surface area contributed by atoms with Crippen molar-refractivity contribution in [1.29, 1.82) is 0 Å². The highest BCUT2D eigenvalue weighted by Gasteiger charge is 2.36. The van der Waals surface area contributed by atoms with Gasteiger partial charge in [-0.3, -0.25) is 4.98 Å². The highest BCUT2D eigenvalue weighted by molar-refractivity contribution is 5.88. The third-order valence-corrected chi connectivity index (χ3v) is 7.84. The van der Waals surface area contributed by atoms with E-state index < -0.39 is 17.7 Å². The summed E-state index contributed by atoms with van der Waals surface area (Å²) >= 11 is 0. The molecule has 222 valence electrons. The normalized spacial score (nSPS) is 15.6. The number of anilines is 1. The summed E-state index contributed by atoms with van der Waals surface area (Å²) in [5.41, 5.74) is 6.29. The molecule has 42 heavy (non-hydrogen) atoms. The van der Waals surface area contributed by atoms with Crippen molar-refractivity contribution in [1.82, 2.24) is 4.98 Å². The maximum atomic E-state index is 12.7. The highest BCUT2D eigenvalue weighted by Crippen LogP contribution is 2.45. The summed E-state index contributed by atoms with van der Waals surface area (Å²) in [6.07, 6.45) is 1.62. The zero-order valence-electron chi connectivity index (χ0n) is 26.0. The maximum absolute atomic E-state index is 12.7. The first-order chi connectivity index (χ1) is 19.8. The van der Waals surface area contributed by atoms with Gasteiger partial charge in [0.1, 0.15) is 5.75 Å². The Balaban J connectivity index is 1.69. The zero-order valence-corrected chi connectivity index (χ0v) is 26.0. The van der Waals surface area contributed by atoms with Crippen LogP contribution in [0.1, 0.15) is 76.1 Å². The van der Waals surface area contributed by atoms with Crippen molar-refractivity contribution < 1.29 is 19.4 Å². The van der Waals surface area contributed by atoms with Crippen LogP contribution < -0.4 is 9.64 Å². The van der Waals surface area contributed by atoms with E-state index >= 15 is 0 Å². The summed E-state index contributed by atoms with van der Waals surface area (Å²) < 4.78 is 12.2. The van der Waals surface area contributed by atoms with Crippen LogP contribution in [-0.2, 0) is 16.0 Å². The number of aliphatic carboxylic acids is 1. The van der Waals surface area contributed by atoms with Crippen LogP contribution in [-0.4, -0.2) is 41.4 Å². The summed E-state index contributed by atoms with van der Waals surface area (Å²) in [5, 5.41) is 10.4. The van der Waals surface area contributed by atoms with Gasteiger partial charge in [-0.25, -0.2) is 9.64 Å². The first-order valence-corrected chi connectivity index (χ1v) is 14.6. The second kappa shape index (κ2) is 12.5. The molecular weight excluding hydrogens is 526 g/mol. The number of piperidine rings is 1. The van der Waals surface area contributed by atoms with Gasteiger partial charge in [-0.05, 0) is 76.1 Å². The van der Waals surface area contributed by atoms with Crippen LogP contribution in [0, 0.1) is 25.8 Å². The van der Waals surface area contributed by atoms with Crippen LogP contribution in [0.2, 0.25) is 0 Å². The van der Waals surface area contributed by atoms with Crippen LogP contribution in [0.5, 0.6) is 5.75 Å². The number of ether oxygens (including phenoxy) is 2. The second-order valence-corrected chi connectivity index (χ2v) is 12.9. The Kier molecular flexibility index (Phi) is 9.27. The molecule has 0 aliphatic carbocycles. The minimum Gasteiger partial charge on any atom is -0.493 e. The molecule has 1 N–H and O–H groups in total. The van der Waals surface area contributed by atoms with Gasteiger partial charge in [0, 0.05) is 42.0 Å². The fourth-order valence-electron chi connectivity index (χ4n) is 5.50. The molecule has 0 radical (unpaired) electrons. The van der Waals surface area contributed by atoms with Crippen LogP contribution in [0.3, 0.4) is 0 Å². The van der Waals surface area contributed by atoms with Crippen molar-refractivity contribution >= 4 is 17.3 Å². The van der Waals surface area contributed by atoms with Crippen molar-refractivity contribution in [2.75, 3.05) is 24.6 Å². The topological polar surface area (TPSA) is 76.2 Å². The van der Waals surface area contributed by atoms with Gasteiger partial charge in [0.15, 0.2) is 11.8 Å². The van der Waals surface area contributed by atoms with E-state index in [1.54, 1.807) is 0 Å². The van der Waals surface area contributed by atoms with Crippen LogP contribution in [0.25, 0.3) is 16.0 Å². The Hall–Kier alpha value is -3.89. The Labute approximate surface area is 250 Å². The van der Waals surface area contributed by atoms with E-state index in [-0.39, 0.29) is 5.41 Å². The van der Waals surface area contributed by atoms with E-state index in [0.717, 1.165) is 66.2 Å². The van der Waals surface area contributed by atoms with Gasteiger partial charge < -0.3 is 19.5 Å². The predicted octanol–water partition coefficient (Wildman–Crippen LogP) is 8.10. The number of carboxylic acid groups (broad SMARTS) is 1. The number of aryl methyl sites for hydroxylation is 2. The average Bonchev–Trinajstić information content (AvgIpc) is 2.92. The average molecular weight is 570 g/mol. The molecule has 1 fully saturated rings. The van der Waals surface area contributed by atoms with Crippen molar-refractivity contribution in [3.05, 3.63) is 82.5 Å². The first kappa shape index (κ1) is 31.1. The van der Waals surface area contributed by atoms with E-state index in [2.05, 4.69) is 23.6 Å². The molecule has 1 atom stereocenters. The number of benzene rings is 2. The van der Waals surface area contributed by atoms with E-state index in [4.69, 9.17) is 21.0 Å². The molecule has 4 rings (SSSR count). The molecule has 2 aromatic carbocycles. The lowest BCUT2D eigenvalue weighted by molar-refractivity contribution is -0.160. The molecule has 7 nitrogen and oxygen atoms in total. The van der Waals surface area contributed by atoms with Crippen LogP contribution in [0.4, 0.5) is 11.4 Å². The molecular formula is C35H43N3O4. The summed E-state index contributed by atoms with van der Waals surface area (Å²) in [7, 11) is 0. The molecule has 0 amide bonds. The number of nitrogens with zero attached hydrogens (tertiary/aromatic N) is 3. The van der Waals surface area contributed by atoms with Crippen molar-refractivity contribution in [2.24, 2.45) is 5.41 Å². The summed E-state index contributed by atoms with van der Waals surface area (Å²) in [6.45, 7) is 23.4. The fourth-order valence-corrected chi connectivity index (χ4v) is 5.50. The minimum atomic E-state index is -1.15. The molecule has 0 bridgehead atoms. The lowest BCUT2D eigenvalue weighted by Gasteiger charge is -2.41. The quantitative estimate of drug-likeness (QED) is 0.262. The van der Waals surface area contributed by atoms with E-state index in [0.29, 0.717) is 23.6 Å². The molecule has 3 aromatic rings. The molecule has 0 saturated carbocycles. The van der Waals surface area contributed by atoms with Crippen molar-refractivity contribution in [3.63, 3.8) is 0 Å². The van der Waals surface area contributed by atoms with Crippen molar-refractivity contribution in [3.8, 4) is 16.9 Å². The summed E-state index contributed by atoms with van der Waals surface area (Å²) in [6, 6.07) is 15.5. The molecule has 1 aliphatic heterocycles. The number of hydrogen-bond donors (Lipinski definition) is 1. The van der Waals surface area contributed by atoms with E-state index in [1.165, 1.54) is 0 Å². The fraction of sp³-hybridized carbons (Fsp3) is 0.457. The largest absolute Gasteiger partial charge is 0.493 e. The Bertz CT molecular complexity index is 1440. The smallest absolute Gasteiger partial charge is 0.337 e. The van der Waals surface area contributed by atoms with Gasteiger partial charge >= 0.3 is 5.97 Å². The standard InChI is InChI=1S/C35H43N3O4/c1-23-29(26-11-15-28(16-12-26)41-22-17-25-9-13-27(36-8)14-10-25)31(38-20-18-35(6,7)19-21-38)30(24(2)37-23)32(33(39)40)42-34(3,4)5/h9-16,32H,17-22H2,1-7H3,(H,39,40)/t32-/m0/s1. The molecule has 0 spiro atoms. The molecule has 2 heterocycles. The number of rotatable bonds is 9. The third-order valence-electron chi connectivity index (χ3n) is 7.84. The third kappa shape index (κ3) is 7.49. The second-order valence-electron chi connectivity index (χ2n) is 12.9. The van der Waals surface area contributed by atoms with Gasteiger partial charge in [0.05, 0.1) is 24.5 Å². The van der Waals surface area contributed by atoms with Gasteiger partial charge in [-0.2, -0.15) is 0 Å². The molecule has 1 aromatic heterocycles. The monoisotopic (exact) mass is 569 g/mol. The van der Waals surface area contributed by atoms with Crippen LogP contribution in [0.15, 0.2) is 48.5 Å². The number of carbonyl (C=O) groups is 1. The number of carboxylic acids is 1. The van der Waals surface area contributed by atoms with Gasteiger partial charge in [-0.1, -0.05) is 50.2 Å². The molecule has 0 unspecified atom stereocenters. The number of aromatic nitrogens is 1. The summed E-state index contributed by atoms with van der Waals surface area (Å²) in [5.74, 6) is -0.258. The van der Waals surface area contributed by atoms with Crippen molar-refractivity contribution in [2.45, 2.75) is 79.4 Å².